The smallest absolute Gasteiger partial charge is 0.129 e. The van der Waals surface area contributed by atoms with Gasteiger partial charge < -0.3 is 0 Å². The normalized spacial score (nSPS) is 10.8. The number of nitrogens with zero attached hydrogens (tertiary/aromatic N) is 3. The number of rotatable bonds is 5. The van der Waals surface area contributed by atoms with E-state index < -0.39 is 0 Å². The van der Waals surface area contributed by atoms with Crippen molar-refractivity contribution in [2.24, 2.45) is 0 Å². The third kappa shape index (κ3) is 4.18. The van der Waals surface area contributed by atoms with E-state index in [-0.39, 0.29) is 0 Å². The third-order valence-corrected chi connectivity index (χ3v) is 2.59. The average molecular weight is 238 g/mol. The van der Waals surface area contributed by atoms with Crippen molar-refractivity contribution in [1.82, 2.24) is 9.88 Å². The lowest BCUT2D eigenvalue weighted by atomic mass is 10.2. The Labute approximate surface area is 102 Å². The van der Waals surface area contributed by atoms with Gasteiger partial charge in [-0.3, -0.25) is 4.90 Å². The maximum atomic E-state index is 8.59. The molecule has 0 saturated heterocycles. The van der Waals surface area contributed by atoms with Crippen molar-refractivity contribution in [3.63, 3.8) is 0 Å². The van der Waals surface area contributed by atoms with Crippen LogP contribution in [0.25, 0.3) is 0 Å². The van der Waals surface area contributed by atoms with Crippen molar-refractivity contribution in [3.8, 4) is 6.07 Å². The Morgan fingerprint density at radius 2 is 2.25 bits per heavy atom. The second-order valence-electron chi connectivity index (χ2n) is 3.92. The van der Waals surface area contributed by atoms with Gasteiger partial charge in [-0.05, 0) is 26.0 Å². The number of hydrogen-bond donors (Lipinski definition) is 0. The maximum Gasteiger partial charge on any atom is 0.129 e. The molecule has 4 heteroatoms. The van der Waals surface area contributed by atoms with Crippen LogP contribution < -0.4 is 0 Å². The van der Waals surface area contributed by atoms with E-state index in [4.69, 9.17) is 16.9 Å². The first-order chi connectivity index (χ1) is 7.63. The molecule has 16 heavy (non-hydrogen) atoms. The molecule has 0 radical (unpaired) electrons. The van der Waals surface area contributed by atoms with E-state index in [1.807, 2.05) is 12.1 Å². The number of pyridine rings is 1. The zero-order chi connectivity index (χ0) is 12.0. The summed E-state index contributed by atoms with van der Waals surface area (Å²) in [4.78, 5) is 6.45. The number of halogens is 1. The molecule has 1 heterocycles. The van der Waals surface area contributed by atoms with Crippen LogP contribution in [0.4, 0.5) is 0 Å². The van der Waals surface area contributed by atoms with Crippen molar-refractivity contribution in [3.05, 3.63) is 29.0 Å². The highest BCUT2D eigenvalue weighted by Crippen LogP contribution is 2.10. The van der Waals surface area contributed by atoms with E-state index >= 15 is 0 Å². The molecule has 0 aliphatic heterocycles. The molecule has 1 aromatic rings. The van der Waals surface area contributed by atoms with E-state index in [1.165, 1.54) is 0 Å². The molecule has 0 amide bonds. The van der Waals surface area contributed by atoms with Crippen molar-refractivity contribution in [1.29, 1.82) is 5.26 Å². The first kappa shape index (κ1) is 13.0. The van der Waals surface area contributed by atoms with Crippen LogP contribution in [-0.4, -0.2) is 22.5 Å². The summed E-state index contributed by atoms with van der Waals surface area (Å²) in [5.74, 6) is 0. The minimum Gasteiger partial charge on any atom is -0.294 e. The summed E-state index contributed by atoms with van der Waals surface area (Å²) < 4.78 is 0. The third-order valence-electron chi connectivity index (χ3n) is 2.38. The monoisotopic (exact) mass is 237 g/mol. The zero-order valence-corrected chi connectivity index (χ0v) is 10.4. The minimum atomic E-state index is 0.397. The van der Waals surface area contributed by atoms with Gasteiger partial charge in [-0.1, -0.05) is 17.7 Å². The molecule has 3 nitrogen and oxygen atoms in total. The predicted octanol–water partition coefficient (Wildman–Crippen LogP) is 2.86. The zero-order valence-electron chi connectivity index (χ0n) is 9.65. The Morgan fingerprint density at radius 1 is 1.50 bits per heavy atom. The van der Waals surface area contributed by atoms with Crippen LogP contribution in [0.3, 0.4) is 0 Å². The molecule has 0 atom stereocenters. The van der Waals surface area contributed by atoms with Crippen LogP contribution in [0.5, 0.6) is 0 Å². The summed E-state index contributed by atoms with van der Waals surface area (Å²) in [6.45, 7) is 5.73. The van der Waals surface area contributed by atoms with Crippen molar-refractivity contribution >= 4 is 11.6 Å². The molecule has 0 aliphatic carbocycles. The summed E-state index contributed by atoms with van der Waals surface area (Å²) in [6.07, 6.45) is 0.540. The minimum absolute atomic E-state index is 0.397. The van der Waals surface area contributed by atoms with Crippen LogP contribution in [0.1, 0.15) is 26.0 Å². The predicted molar refractivity (Wildman–Crippen MR) is 65.0 cm³/mol. The molecule has 0 bridgehead atoms. The second kappa shape index (κ2) is 6.47. The Bertz CT molecular complexity index is 371. The van der Waals surface area contributed by atoms with Crippen LogP contribution >= 0.6 is 11.6 Å². The average Bonchev–Trinajstić information content (AvgIpc) is 2.24. The van der Waals surface area contributed by atoms with Crippen LogP contribution in [0.2, 0.25) is 5.15 Å². The van der Waals surface area contributed by atoms with E-state index in [1.54, 1.807) is 6.07 Å². The summed E-state index contributed by atoms with van der Waals surface area (Å²) >= 11 is 5.83. The number of hydrogen-bond acceptors (Lipinski definition) is 3. The topological polar surface area (TPSA) is 39.9 Å². The van der Waals surface area contributed by atoms with Gasteiger partial charge in [0.1, 0.15) is 5.15 Å². The first-order valence-corrected chi connectivity index (χ1v) is 5.73. The van der Waals surface area contributed by atoms with Crippen molar-refractivity contribution in [2.45, 2.75) is 32.9 Å². The van der Waals surface area contributed by atoms with Gasteiger partial charge in [0.25, 0.3) is 0 Å². The molecule has 1 rings (SSSR count). The van der Waals surface area contributed by atoms with E-state index in [9.17, 15) is 0 Å². The highest BCUT2D eigenvalue weighted by molar-refractivity contribution is 6.29. The first-order valence-electron chi connectivity index (χ1n) is 5.36. The molecule has 0 aliphatic rings. The molecule has 1 aromatic heterocycles. The van der Waals surface area contributed by atoms with Gasteiger partial charge in [0.2, 0.25) is 0 Å². The summed E-state index contributed by atoms with van der Waals surface area (Å²) in [6, 6.07) is 8.17. The number of aromatic nitrogens is 1. The number of nitriles is 1. The molecule has 0 aromatic carbocycles. The Morgan fingerprint density at radius 3 is 2.81 bits per heavy atom. The molecule has 0 spiro atoms. The summed E-state index contributed by atoms with van der Waals surface area (Å²) in [5.41, 5.74) is 0.944. The lowest BCUT2D eigenvalue weighted by Gasteiger charge is -2.24. The van der Waals surface area contributed by atoms with E-state index in [0.29, 0.717) is 17.6 Å². The second-order valence-corrected chi connectivity index (χ2v) is 4.31. The Balaban J connectivity index is 2.64. The van der Waals surface area contributed by atoms with Gasteiger partial charge in [0.15, 0.2) is 0 Å². The van der Waals surface area contributed by atoms with E-state index in [0.717, 1.165) is 18.8 Å². The molecule has 0 fully saturated rings. The highest BCUT2D eigenvalue weighted by Gasteiger charge is 2.10. The van der Waals surface area contributed by atoms with Gasteiger partial charge in [-0.15, -0.1) is 0 Å². The van der Waals surface area contributed by atoms with Gasteiger partial charge in [-0.2, -0.15) is 5.26 Å². The van der Waals surface area contributed by atoms with Gasteiger partial charge in [0.05, 0.1) is 11.8 Å². The molecule has 0 saturated carbocycles. The fourth-order valence-electron chi connectivity index (χ4n) is 1.46. The molecule has 0 N–H and O–H groups in total. The lowest BCUT2D eigenvalue weighted by Crippen LogP contribution is -2.31. The summed E-state index contributed by atoms with van der Waals surface area (Å²) in [7, 11) is 0. The van der Waals surface area contributed by atoms with E-state index in [2.05, 4.69) is 29.8 Å². The SMILES string of the molecule is CC(C)N(CCC#N)Cc1cccc(Cl)n1. The fraction of sp³-hybridized carbons (Fsp3) is 0.500. The van der Waals surface area contributed by atoms with Gasteiger partial charge in [0, 0.05) is 25.6 Å². The highest BCUT2D eigenvalue weighted by atomic mass is 35.5. The molecule has 0 unspecified atom stereocenters. The summed E-state index contributed by atoms with van der Waals surface area (Å²) in [5, 5.41) is 9.11. The quantitative estimate of drug-likeness (QED) is 0.740. The van der Waals surface area contributed by atoms with Gasteiger partial charge >= 0.3 is 0 Å². The van der Waals surface area contributed by atoms with Crippen LogP contribution in [-0.2, 0) is 6.54 Å². The van der Waals surface area contributed by atoms with Crippen LogP contribution in [0.15, 0.2) is 18.2 Å². The Kier molecular flexibility index (Phi) is 5.24. The van der Waals surface area contributed by atoms with Crippen molar-refractivity contribution in [2.75, 3.05) is 6.54 Å². The fourth-order valence-corrected chi connectivity index (χ4v) is 1.64. The lowest BCUT2D eigenvalue weighted by molar-refractivity contribution is 0.215. The molecular formula is C12H16ClN3. The molecular weight excluding hydrogens is 222 g/mol. The van der Waals surface area contributed by atoms with Crippen molar-refractivity contribution < 1.29 is 0 Å². The Hall–Kier alpha value is -1.11. The maximum absolute atomic E-state index is 8.59. The largest absolute Gasteiger partial charge is 0.294 e. The standard InChI is InChI=1S/C12H16ClN3/c1-10(2)16(8-4-7-14)9-11-5-3-6-12(13)15-11/h3,5-6,10H,4,8-9H2,1-2H3. The van der Waals surface area contributed by atoms with Gasteiger partial charge in [-0.25, -0.2) is 4.98 Å². The molecule has 86 valence electrons. The van der Waals surface area contributed by atoms with Crippen LogP contribution in [0, 0.1) is 11.3 Å².